The fraction of sp³-hybridized carbons (Fsp3) is 0.278. The third-order valence-corrected chi connectivity index (χ3v) is 5.71. The van der Waals surface area contributed by atoms with Crippen LogP contribution in [-0.2, 0) is 11.2 Å². The van der Waals surface area contributed by atoms with Gasteiger partial charge in [0.05, 0.1) is 22.5 Å². The largest absolute Gasteiger partial charge is 0.469 e. The molecule has 0 saturated heterocycles. The zero-order valence-corrected chi connectivity index (χ0v) is 16.4. The van der Waals surface area contributed by atoms with Crippen LogP contribution in [0.1, 0.15) is 17.7 Å². The van der Waals surface area contributed by atoms with Crippen molar-refractivity contribution in [2.75, 3.05) is 23.0 Å². The van der Waals surface area contributed by atoms with E-state index in [4.69, 9.17) is 10.3 Å². The van der Waals surface area contributed by atoms with E-state index in [2.05, 4.69) is 10.2 Å². The number of nitro benzene ring substituents is 1. The van der Waals surface area contributed by atoms with Crippen molar-refractivity contribution < 1.29 is 14.1 Å². The molecular formula is C18H18N6O4S. The summed E-state index contributed by atoms with van der Waals surface area (Å²) >= 11 is 1.19. The zero-order valence-electron chi connectivity index (χ0n) is 15.6. The van der Waals surface area contributed by atoms with Crippen LogP contribution < -0.4 is 10.7 Å². The minimum atomic E-state index is -0.426. The van der Waals surface area contributed by atoms with Gasteiger partial charge >= 0.3 is 0 Å². The average Bonchev–Trinajstić information content (AvgIpc) is 3.30. The molecule has 1 aliphatic heterocycles. The topological polar surface area (TPSA) is 133 Å². The molecule has 0 bridgehead atoms. The number of amides is 1. The van der Waals surface area contributed by atoms with E-state index >= 15 is 0 Å². The Morgan fingerprint density at radius 2 is 2.21 bits per heavy atom. The Morgan fingerprint density at radius 3 is 2.93 bits per heavy atom. The summed E-state index contributed by atoms with van der Waals surface area (Å²) < 4.78 is 6.61. The molecule has 4 rings (SSSR count). The van der Waals surface area contributed by atoms with Crippen LogP contribution in [0.3, 0.4) is 0 Å². The van der Waals surface area contributed by atoms with E-state index in [1.54, 1.807) is 30.2 Å². The minimum absolute atomic E-state index is 0.0331. The number of nitrogens with zero attached hydrogens (tertiary/aromatic N) is 5. The molecule has 0 radical (unpaired) electrons. The average molecular weight is 414 g/mol. The highest BCUT2D eigenvalue weighted by molar-refractivity contribution is 7.99. The number of thioether (sulfide) groups is 1. The first-order chi connectivity index (χ1) is 14.0. The summed E-state index contributed by atoms with van der Waals surface area (Å²) in [5, 5.41) is 19.6. The molecule has 2 aromatic heterocycles. The van der Waals surface area contributed by atoms with Crippen molar-refractivity contribution in [3.8, 4) is 11.4 Å². The number of anilines is 1. The van der Waals surface area contributed by atoms with Crippen molar-refractivity contribution in [1.82, 2.24) is 14.9 Å². The van der Waals surface area contributed by atoms with Crippen molar-refractivity contribution in [3.05, 3.63) is 52.0 Å². The summed E-state index contributed by atoms with van der Waals surface area (Å²) in [6.07, 6.45) is 3.01. The van der Waals surface area contributed by atoms with Gasteiger partial charge in [0.15, 0.2) is 5.82 Å². The Morgan fingerprint density at radius 1 is 1.38 bits per heavy atom. The molecule has 29 heavy (non-hydrogen) atoms. The molecule has 0 atom stereocenters. The molecule has 0 saturated carbocycles. The lowest BCUT2D eigenvalue weighted by molar-refractivity contribution is -0.384. The fourth-order valence-corrected chi connectivity index (χ4v) is 4.07. The number of nitrogens with two attached hydrogens (primary N) is 1. The number of carbonyl (C=O) groups excluding carboxylic acids is 1. The molecule has 0 fully saturated rings. The van der Waals surface area contributed by atoms with Crippen LogP contribution in [0.15, 0.2) is 40.1 Å². The first kappa shape index (κ1) is 19.0. The van der Waals surface area contributed by atoms with Gasteiger partial charge in [0.2, 0.25) is 11.1 Å². The Labute approximate surface area is 169 Å². The number of hydrogen-bond acceptors (Lipinski definition) is 8. The zero-order chi connectivity index (χ0) is 20.5. The Balaban J connectivity index is 1.48. The number of aryl methyl sites for hydroxylation is 2. The molecule has 0 aliphatic carbocycles. The third-order valence-electron chi connectivity index (χ3n) is 4.78. The summed E-state index contributed by atoms with van der Waals surface area (Å²) in [5.74, 6) is 7.23. The quantitative estimate of drug-likeness (QED) is 0.291. The maximum Gasteiger partial charge on any atom is 0.269 e. The van der Waals surface area contributed by atoms with Gasteiger partial charge in [0.1, 0.15) is 5.76 Å². The number of nitro groups is 1. The molecule has 2 N–H and O–H groups in total. The highest BCUT2D eigenvalue weighted by atomic mass is 32.2. The Bertz CT molecular complexity index is 1090. The molecule has 1 aromatic carbocycles. The van der Waals surface area contributed by atoms with Crippen LogP contribution in [0.5, 0.6) is 0 Å². The number of hydrogen-bond donors (Lipinski definition) is 1. The van der Waals surface area contributed by atoms with Crippen molar-refractivity contribution >= 4 is 29.0 Å². The molecule has 3 aromatic rings. The molecule has 11 heteroatoms. The van der Waals surface area contributed by atoms with E-state index in [1.807, 2.05) is 0 Å². The number of benzene rings is 1. The van der Waals surface area contributed by atoms with Crippen LogP contribution in [0.2, 0.25) is 0 Å². The van der Waals surface area contributed by atoms with Gasteiger partial charge in [-0.3, -0.25) is 14.9 Å². The van der Waals surface area contributed by atoms with Crippen LogP contribution in [-0.4, -0.2) is 38.0 Å². The van der Waals surface area contributed by atoms with Crippen molar-refractivity contribution in [1.29, 1.82) is 0 Å². The first-order valence-electron chi connectivity index (χ1n) is 8.91. The van der Waals surface area contributed by atoms with Crippen molar-refractivity contribution in [2.24, 2.45) is 0 Å². The molecule has 0 spiro atoms. The number of fused-ring (bicyclic) bond motifs is 1. The second-order valence-corrected chi connectivity index (χ2v) is 7.52. The SMILES string of the molecule is Cc1occc1-c1nnc(SCC(=O)N2CCCc3cc([N+](=O)[O-])ccc32)n1N. The van der Waals surface area contributed by atoms with Gasteiger partial charge < -0.3 is 15.2 Å². The lowest BCUT2D eigenvalue weighted by atomic mass is 10.0. The summed E-state index contributed by atoms with van der Waals surface area (Å²) in [7, 11) is 0. The van der Waals surface area contributed by atoms with E-state index in [-0.39, 0.29) is 17.3 Å². The predicted octanol–water partition coefficient (Wildman–Crippen LogP) is 2.54. The van der Waals surface area contributed by atoms with Gasteiger partial charge in [-0.1, -0.05) is 11.8 Å². The summed E-state index contributed by atoms with van der Waals surface area (Å²) in [6, 6.07) is 6.36. The molecule has 1 amide bonds. The minimum Gasteiger partial charge on any atom is -0.469 e. The maximum atomic E-state index is 12.8. The molecule has 150 valence electrons. The number of carbonyl (C=O) groups is 1. The number of rotatable bonds is 5. The smallest absolute Gasteiger partial charge is 0.269 e. The van der Waals surface area contributed by atoms with E-state index < -0.39 is 4.92 Å². The van der Waals surface area contributed by atoms with Gasteiger partial charge in [0, 0.05) is 24.4 Å². The summed E-state index contributed by atoms with van der Waals surface area (Å²) in [5.41, 5.74) is 2.30. The van der Waals surface area contributed by atoms with Crippen LogP contribution in [0, 0.1) is 17.0 Å². The fourth-order valence-electron chi connectivity index (χ4n) is 3.34. The monoisotopic (exact) mass is 414 g/mol. The van der Waals surface area contributed by atoms with Gasteiger partial charge in [-0.05, 0) is 37.5 Å². The lowest BCUT2D eigenvalue weighted by Gasteiger charge is -2.29. The molecule has 3 heterocycles. The normalized spacial score (nSPS) is 13.3. The standard InChI is InChI=1S/C18H18N6O4S/c1-11-14(6-8-28-11)17-20-21-18(23(17)19)29-10-16(25)22-7-2-3-12-9-13(24(26)27)4-5-15(12)22/h4-6,8-9H,2-3,7,10,19H2,1H3. The third kappa shape index (κ3) is 3.56. The molecule has 1 aliphatic rings. The maximum absolute atomic E-state index is 12.8. The van der Waals surface area contributed by atoms with Gasteiger partial charge in [0.25, 0.3) is 5.69 Å². The van der Waals surface area contributed by atoms with Gasteiger partial charge in [-0.25, -0.2) is 4.68 Å². The number of furan rings is 1. The summed E-state index contributed by atoms with van der Waals surface area (Å²) in [6.45, 7) is 2.37. The lowest BCUT2D eigenvalue weighted by Crippen LogP contribution is -2.36. The van der Waals surface area contributed by atoms with E-state index in [0.29, 0.717) is 29.7 Å². The number of nitrogen functional groups attached to an aromatic ring is 1. The second-order valence-electron chi connectivity index (χ2n) is 6.57. The van der Waals surface area contributed by atoms with E-state index in [9.17, 15) is 14.9 Å². The van der Waals surface area contributed by atoms with Crippen molar-refractivity contribution in [2.45, 2.75) is 24.9 Å². The van der Waals surface area contributed by atoms with Gasteiger partial charge in [-0.2, -0.15) is 0 Å². The van der Waals surface area contributed by atoms with Crippen LogP contribution >= 0.6 is 11.8 Å². The van der Waals surface area contributed by atoms with E-state index in [0.717, 1.165) is 23.2 Å². The molecule has 0 unspecified atom stereocenters. The van der Waals surface area contributed by atoms with E-state index in [1.165, 1.54) is 28.6 Å². The second kappa shape index (κ2) is 7.59. The highest BCUT2D eigenvalue weighted by Crippen LogP contribution is 2.31. The van der Waals surface area contributed by atoms with Crippen molar-refractivity contribution in [3.63, 3.8) is 0 Å². The predicted molar refractivity (Wildman–Crippen MR) is 107 cm³/mol. The number of aromatic nitrogens is 3. The Hall–Kier alpha value is -3.34. The Kier molecular flexibility index (Phi) is 4.97. The first-order valence-corrected chi connectivity index (χ1v) is 9.89. The van der Waals surface area contributed by atoms with Crippen LogP contribution in [0.25, 0.3) is 11.4 Å². The van der Waals surface area contributed by atoms with Gasteiger partial charge in [-0.15, -0.1) is 10.2 Å². The molecule has 10 nitrogen and oxygen atoms in total. The summed E-state index contributed by atoms with van der Waals surface area (Å²) in [4.78, 5) is 25.0. The molecular weight excluding hydrogens is 396 g/mol. The number of non-ortho nitro benzene ring substituents is 1. The highest BCUT2D eigenvalue weighted by Gasteiger charge is 2.25. The van der Waals surface area contributed by atoms with Crippen LogP contribution in [0.4, 0.5) is 11.4 Å².